The summed E-state index contributed by atoms with van der Waals surface area (Å²) in [6, 6.07) is 6.86. The molecular formula is C14H19F2NO. The molecule has 2 nitrogen and oxygen atoms in total. The summed E-state index contributed by atoms with van der Waals surface area (Å²) >= 11 is 0. The van der Waals surface area contributed by atoms with Crippen LogP contribution in [0.25, 0.3) is 0 Å². The van der Waals surface area contributed by atoms with Crippen LogP contribution in [0.5, 0.6) is 5.75 Å². The van der Waals surface area contributed by atoms with Crippen LogP contribution in [-0.2, 0) is 0 Å². The Labute approximate surface area is 106 Å². The average molecular weight is 255 g/mol. The molecule has 0 aliphatic heterocycles. The number of anilines is 1. The van der Waals surface area contributed by atoms with Gasteiger partial charge in [0.15, 0.2) is 0 Å². The highest BCUT2D eigenvalue weighted by Crippen LogP contribution is 2.28. The van der Waals surface area contributed by atoms with Crippen LogP contribution in [0.2, 0.25) is 0 Å². The summed E-state index contributed by atoms with van der Waals surface area (Å²) < 4.78 is 29.0. The number of para-hydroxylation sites is 2. The summed E-state index contributed by atoms with van der Waals surface area (Å²) in [6.45, 7) is -1.94. The normalized spacial score (nSPS) is 16.8. The number of hydrogen-bond acceptors (Lipinski definition) is 2. The van der Waals surface area contributed by atoms with E-state index in [0.29, 0.717) is 11.6 Å². The van der Waals surface area contributed by atoms with Crippen molar-refractivity contribution in [2.75, 3.05) is 11.9 Å². The fourth-order valence-corrected chi connectivity index (χ4v) is 2.46. The van der Waals surface area contributed by atoms with Gasteiger partial charge in [-0.15, -0.1) is 0 Å². The van der Waals surface area contributed by atoms with E-state index in [1.165, 1.54) is 32.1 Å². The predicted octanol–water partition coefficient (Wildman–Crippen LogP) is 4.28. The molecule has 1 aliphatic carbocycles. The van der Waals surface area contributed by atoms with Crippen LogP contribution in [0.3, 0.4) is 0 Å². The van der Waals surface area contributed by atoms with E-state index in [4.69, 9.17) is 0 Å². The molecule has 0 bridgehead atoms. The first kappa shape index (κ1) is 13.1. The molecular weight excluding hydrogens is 236 g/mol. The minimum atomic E-state index is -2.78. The lowest BCUT2D eigenvalue weighted by Gasteiger charge is -2.23. The molecule has 100 valence electrons. The first-order valence-corrected chi connectivity index (χ1v) is 6.53. The van der Waals surface area contributed by atoms with Crippen molar-refractivity contribution in [1.29, 1.82) is 0 Å². The lowest BCUT2D eigenvalue weighted by Crippen LogP contribution is -2.17. The highest BCUT2D eigenvalue weighted by molar-refractivity contribution is 5.56. The van der Waals surface area contributed by atoms with Crippen molar-refractivity contribution < 1.29 is 13.5 Å². The van der Waals surface area contributed by atoms with Gasteiger partial charge in [-0.3, -0.25) is 0 Å². The standard InChI is InChI=1S/C14H19F2NO/c15-14(16)18-13-9-5-4-8-12(13)17-10-11-6-2-1-3-7-11/h4-5,8-9,11,14,17H,1-3,6-7,10H2. The van der Waals surface area contributed by atoms with Crippen molar-refractivity contribution in [2.45, 2.75) is 38.7 Å². The zero-order valence-corrected chi connectivity index (χ0v) is 10.4. The van der Waals surface area contributed by atoms with Gasteiger partial charge in [-0.25, -0.2) is 0 Å². The van der Waals surface area contributed by atoms with Gasteiger partial charge < -0.3 is 10.1 Å². The maximum absolute atomic E-state index is 12.2. The number of halogens is 2. The monoisotopic (exact) mass is 255 g/mol. The summed E-state index contributed by atoms with van der Waals surface area (Å²) in [5, 5.41) is 3.23. The highest BCUT2D eigenvalue weighted by atomic mass is 19.3. The molecule has 1 saturated carbocycles. The van der Waals surface area contributed by atoms with Gasteiger partial charge in [0.1, 0.15) is 5.75 Å². The zero-order chi connectivity index (χ0) is 12.8. The number of rotatable bonds is 5. The minimum absolute atomic E-state index is 0.225. The molecule has 0 radical (unpaired) electrons. The molecule has 0 spiro atoms. The molecule has 1 aromatic carbocycles. The van der Waals surface area contributed by atoms with Crippen LogP contribution >= 0.6 is 0 Å². The van der Waals surface area contributed by atoms with Crippen LogP contribution in [0.4, 0.5) is 14.5 Å². The third kappa shape index (κ3) is 3.86. The molecule has 1 aromatic rings. The fourth-order valence-electron chi connectivity index (χ4n) is 2.46. The Hall–Kier alpha value is -1.32. The second kappa shape index (κ2) is 6.57. The molecule has 2 rings (SSSR count). The summed E-state index contributed by atoms with van der Waals surface area (Å²) in [5.41, 5.74) is 0.656. The van der Waals surface area contributed by atoms with Crippen LogP contribution in [-0.4, -0.2) is 13.2 Å². The van der Waals surface area contributed by atoms with Crippen LogP contribution in [0, 0.1) is 5.92 Å². The van der Waals surface area contributed by atoms with Gasteiger partial charge in [0.05, 0.1) is 5.69 Å². The maximum Gasteiger partial charge on any atom is 0.387 e. The third-order valence-corrected chi connectivity index (χ3v) is 3.41. The molecule has 18 heavy (non-hydrogen) atoms. The van der Waals surface area contributed by atoms with E-state index in [-0.39, 0.29) is 5.75 Å². The smallest absolute Gasteiger partial charge is 0.387 e. The van der Waals surface area contributed by atoms with E-state index in [0.717, 1.165) is 6.54 Å². The molecule has 1 fully saturated rings. The SMILES string of the molecule is FC(F)Oc1ccccc1NCC1CCCCC1. The van der Waals surface area contributed by atoms with Crippen molar-refractivity contribution in [2.24, 2.45) is 5.92 Å². The van der Waals surface area contributed by atoms with E-state index in [1.807, 2.05) is 6.07 Å². The Kier molecular flexibility index (Phi) is 4.79. The molecule has 1 N–H and O–H groups in total. The van der Waals surface area contributed by atoms with Crippen molar-refractivity contribution in [3.8, 4) is 5.75 Å². The van der Waals surface area contributed by atoms with Gasteiger partial charge in [-0.1, -0.05) is 31.4 Å². The second-order valence-electron chi connectivity index (χ2n) is 4.76. The zero-order valence-electron chi connectivity index (χ0n) is 10.4. The van der Waals surface area contributed by atoms with E-state index in [9.17, 15) is 8.78 Å². The Morgan fingerprint density at radius 3 is 2.61 bits per heavy atom. The van der Waals surface area contributed by atoms with Crippen molar-refractivity contribution in [1.82, 2.24) is 0 Å². The van der Waals surface area contributed by atoms with Gasteiger partial charge in [0.2, 0.25) is 0 Å². The van der Waals surface area contributed by atoms with E-state index >= 15 is 0 Å². The molecule has 1 aliphatic rings. The van der Waals surface area contributed by atoms with Gasteiger partial charge in [-0.05, 0) is 30.9 Å². The molecule has 0 amide bonds. The maximum atomic E-state index is 12.2. The van der Waals surface area contributed by atoms with Gasteiger partial charge in [0.25, 0.3) is 0 Å². The Bertz CT molecular complexity index is 365. The topological polar surface area (TPSA) is 21.3 Å². The molecule has 4 heteroatoms. The van der Waals surface area contributed by atoms with E-state index in [1.54, 1.807) is 18.2 Å². The molecule has 0 atom stereocenters. The van der Waals surface area contributed by atoms with Crippen LogP contribution < -0.4 is 10.1 Å². The number of ether oxygens (including phenoxy) is 1. The largest absolute Gasteiger partial charge is 0.433 e. The van der Waals surface area contributed by atoms with Gasteiger partial charge in [-0.2, -0.15) is 8.78 Å². The summed E-state index contributed by atoms with van der Waals surface area (Å²) in [6.07, 6.45) is 6.33. The molecule has 0 unspecified atom stereocenters. The third-order valence-electron chi connectivity index (χ3n) is 3.41. The van der Waals surface area contributed by atoms with Crippen molar-refractivity contribution >= 4 is 5.69 Å². The first-order chi connectivity index (χ1) is 8.75. The fraction of sp³-hybridized carbons (Fsp3) is 0.571. The minimum Gasteiger partial charge on any atom is -0.433 e. The van der Waals surface area contributed by atoms with Gasteiger partial charge in [0, 0.05) is 6.54 Å². The van der Waals surface area contributed by atoms with Crippen LogP contribution in [0.15, 0.2) is 24.3 Å². The lowest BCUT2D eigenvalue weighted by molar-refractivity contribution is -0.0493. The highest BCUT2D eigenvalue weighted by Gasteiger charge is 2.14. The Morgan fingerprint density at radius 2 is 1.89 bits per heavy atom. The number of alkyl halides is 2. The van der Waals surface area contributed by atoms with Crippen molar-refractivity contribution in [3.05, 3.63) is 24.3 Å². The predicted molar refractivity (Wildman–Crippen MR) is 68.1 cm³/mol. The Morgan fingerprint density at radius 1 is 1.17 bits per heavy atom. The average Bonchev–Trinajstić information content (AvgIpc) is 2.38. The van der Waals surface area contributed by atoms with E-state index < -0.39 is 6.61 Å². The van der Waals surface area contributed by atoms with Gasteiger partial charge >= 0.3 is 6.61 Å². The first-order valence-electron chi connectivity index (χ1n) is 6.53. The summed E-state index contributed by atoms with van der Waals surface area (Å²) in [7, 11) is 0. The quantitative estimate of drug-likeness (QED) is 0.847. The molecule has 0 heterocycles. The lowest BCUT2D eigenvalue weighted by atomic mass is 9.89. The summed E-state index contributed by atoms with van der Waals surface area (Å²) in [4.78, 5) is 0. The number of nitrogens with one attached hydrogen (secondary N) is 1. The summed E-state index contributed by atoms with van der Waals surface area (Å²) in [5.74, 6) is 0.877. The second-order valence-corrected chi connectivity index (χ2v) is 4.76. The number of hydrogen-bond donors (Lipinski definition) is 1. The van der Waals surface area contributed by atoms with Crippen molar-refractivity contribution in [3.63, 3.8) is 0 Å². The van der Waals surface area contributed by atoms with E-state index in [2.05, 4.69) is 10.1 Å². The molecule has 0 aromatic heterocycles. The number of benzene rings is 1. The Balaban J connectivity index is 1.91. The van der Waals surface area contributed by atoms with Crippen LogP contribution in [0.1, 0.15) is 32.1 Å². The molecule has 0 saturated heterocycles.